The van der Waals surface area contributed by atoms with Gasteiger partial charge in [-0.25, -0.2) is 0 Å². The van der Waals surface area contributed by atoms with Crippen LogP contribution in [0.3, 0.4) is 0 Å². The van der Waals surface area contributed by atoms with Gasteiger partial charge in [-0.15, -0.1) is 0 Å². The van der Waals surface area contributed by atoms with Gasteiger partial charge in [-0.3, -0.25) is 11.3 Å². The lowest BCUT2D eigenvalue weighted by Gasteiger charge is -2.26. The second kappa shape index (κ2) is 8.80. The van der Waals surface area contributed by atoms with Crippen LogP contribution in [-0.4, -0.2) is 6.04 Å². The number of hydrogen-bond acceptors (Lipinski definition) is 2. The van der Waals surface area contributed by atoms with Crippen molar-refractivity contribution in [2.24, 2.45) is 11.8 Å². The van der Waals surface area contributed by atoms with Crippen molar-refractivity contribution in [3.05, 3.63) is 33.8 Å². The van der Waals surface area contributed by atoms with E-state index in [-0.39, 0.29) is 6.04 Å². The van der Waals surface area contributed by atoms with Crippen LogP contribution in [0, 0.1) is 5.92 Å². The molecular weight excluding hydrogens is 279 g/mol. The number of hydrazine groups is 1. The molecular formula is C15H24Cl2N2. The Hall–Kier alpha value is -0.280. The molecule has 4 heteroatoms. The number of hydrogen-bond donors (Lipinski definition) is 2. The number of benzene rings is 1. The summed E-state index contributed by atoms with van der Waals surface area (Å²) in [6.07, 6.45) is 5.58. The quantitative estimate of drug-likeness (QED) is 0.545. The van der Waals surface area contributed by atoms with Crippen LogP contribution in [0.15, 0.2) is 18.2 Å². The Morgan fingerprint density at radius 1 is 1.26 bits per heavy atom. The third-order valence-electron chi connectivity index (χ3n) is 3.68. The maximum absolute atomic E-state index is 6.22. The van der Waals surface area contributed by atoms with Gasteiger partial charge in [0, 0.05) is 16.1 Å². The highest BCUT2D eigenvalue weighted by molar-refractivity contribution is 6.33. The average molecular weight is 303 g/mol. The van der Waals surface area contributed by atoms with Crippen LogP contribution in [0.5, 0.6) is 0 Å². The first kappa shape index (κ1) is 16.8. The smallest absolute Gasteiger partial charge is 0.0439 e. The molecule has 0 bridgehead atoms. The molecule has 2 atom stereocenters. The predicted molar refractivity (Wildman–Crippen MR) is 84.6 cm³/mol. The number of halogens is 2. The zero-order valence-corrected chi connectivity index (χ0v) is 13.3. The van der Waals surface area contributed by atoms with E-state index in [9.17, 15) is 0 Å². The molecule has 1 rings (SSSR count). The van der Waals surface area contributed by atoms with Crippen molar-refractivity contribution in [1.82, 2.24) is 5.43 Å². The zero-order chi connectivity index (χ0) is 14.3. The first-order valence-corrected chi connectivity index (χ1v) is 7.78. The van der Waals surface area contributed by atoms with E-state index in [0.29, 0.717) is 5.92 Å². The van der Waals surface area contributed by atoms with Gasteiger partial charge in [0.25, 0.3) is 0 Å². The summed E-state index contributed by atoms with van der Waals surface area (Å²) in [7, 11) is 0. The van der Waals surface area contributed by atoms with Crippen molar-refractivity contribution in [3.63, 3.8) is 0 Å². The number of unbranched alkanes of at least 4 members (excludes halogenated alkanes) is 1. The second-order valence-corrected chi connectivity index (χ2v) is 5.87. The maximum atomic E-state index is 6.22. The minimum absolute atomic E-state index is 0.243. The summed E-state index contributed by atoms with van der Waals surface area (Å²) in [5.41, 5.74) is 4.02. The molecule has 0 aliphatic rings. The molecule has 0 heterocycles. The largest absolute Gasteiger partial charge is 0.271 e. The van der Waals surface area contributed by atoms with E-state index in [4.69, 9.17) is 29.0 Å². The summed E-state index contributed by atoms with van der Waals surface area (Å²) in [5, 5.41) is 1.48. The van der Waals surface area contributed by atoms with Gasteiger partial charge in [-0.1, -0.05) is 56.3 Å². The topological polar surface area (TPSA) is 38.0 Å². The zero-order valence-electron chi connectivity index (χ0n) is 11.8. The molecule has 1 aromatic carbocycles. The van der Waals surface area contributed by atoms with Crippen molar-refractivity contribution in [2.75, 3.05) is 0 Å². The Labute approximate surface area is 126 Å². The molecule has 2 unspecified atom stereocenters. The fraction of sp³-hybridized carbons (Fsp3) is 0.600. The number of rotatable bonds is 8. The van der Waals surface area contributed by atoms with Crippen LogP contribution in [0.1, 0.15) is 45.1 Å². The summed E-state index contributed by atoms with van der Waals surface area (Å²) in [4.78, 5) is 0. The van der Waals surface area contributed by atoms with Gasteiger partial charge >= 0.3 is 0 Å². The lowest BCUT2D eigenvalue weighted by molar-refractivity contribution is 0.318. The Balaban J connectivity index is 2.76. The Morgan fingerprint density at radius 2 is 2.00 bits per heavy atom. The molecule has 2 nitrogen and oxygen atoms in total. The van der Waals surface area contributed by atoms with Gasteiger partial charge in [0.1, 0.15) is 0 Å². The molecule has 0 radical (unpaired) electrons. The standard InChI is InChI=1S/C15H24Cl2N2/c1-3-5-6-11(4-2)15(19-18)10-12-9-13(16)7-8-14(12)17/h7-9,11,15,19H,3-6,10,18H2,1-2H3. The molecule has 0 amide bonds. The molecule has 0 spiro atoms. The maximum Gasteiger partial charge on any atom is 0.0439 e. The summed E-state index contributed by atoms with van der Waals surface area (Å²) in [6.45, 7) is 4.43. The minimum Gasteiger partial charge on any atom is -0.271 e. The van der Waals surface area contributed by atoms with Gasteiger partial charge in [-0.05, 0) is 42.5 Å². The SMILES string of the molecule is CCCCC(CC)C(Cc1cc(Cl)ccc1Cl)NN. The molecule has 0 saturated carbocycles. The van der Waals surface area contributed by atoms with Crippen molar-refractivity contribution >= 4 is 23.2 Å². The molecule has 1 aromatic rings. The third-order valence-corrected chi connectivity index (χ3v) is 4.29. The van der Waals surface area contributed by atoms with E-state index in [1.807, 2.05) is 18.2 Å². The Bertz CT molecular complexity index is 382. The monoisotopic (exact) mass is 302 g/mol. The Morgan fingerprint density at radius 3 is 2.58 bits per heavy atom. The summed E-state index contributed by atoms with van der Waals surface area (Å²) in [6, 6.07) is 5.83. The number of nitrogens with two attached hydrogens (primary N) is 1. The van der Waals surface area contributed by atoms with Crippen LogP contribution in [0.4, 0.5) is 0 Å². The summed E-state index contributed by atoms with van der Waals surface area (Å²) < 4.78 is 0. The van der Waals surface area contributed by atoms with Gasteiger partial charge in [0.15, 0.2) is 0 Å². The molecule has 108 valence electrons. The highest BCUT2D eigenvalue weighted by atomic mass is 35.5. The summed E-state index contributed by atoms with van der Waals surface area (Å²) >= 11 is 12.3. The van der Waals surface area contributed by atoms with Gasteiger partial charge in [-0.2, -0.15) is 0 Å². The van der Waals surface area contributed by atoms with E-state index >= 15 is 0 Å². The molecule has 0 aliphatic carbocycles. The highest BCUT2D eigenvalue weighted by Gasteiger charge is 2.19. The van der Waals surface area contributed by atoms with Crippen LogP contribution >= 0.6 is 23.2 Å². The van der Waals surface area contributed by atoms with Crippen LogP contribution in [0.25, 0.3) is 0 Å². The van der Waals surface area contributed by atoms with Crippen LogP contribution in [-0.2, 0) is 6.42 Å². The third kappa shape index (κ3) is 5.31. The molecule has 0 aromatic heterocycles. The average Bonchev–Trinajstić information content (AvgIpc) is 2.41. The van der Waals surface area contributed by atoms with E-state index in [0.717, 1.165) is 28.5 Å². The van der Waals surface area contributed by atoms with E-state index in [1.54, 1.807) is 0 Å². The molecule has 0 aliphatic heterocycles. The van der Waals surface area contributed by atoms with Crippen molar-refractivity contribution in [2.45, 2.75) is 52.0 Å². The van der Waals surface area contributed by atoms with Crippen molar-refractivity contribution < 1.29 is 0 Å². The summed E-state index contributed by atoms with van der Waals surface area (Å²) in [5.74, 6) is 6.30. The second-order valence-electron chi connectivity index (χ2n) is 5.02. The van der Waals surface area contributed by atoms with Crippen molar-refractivity contribution in [3.8, 4) is 0 Å². The lowest BCUT2D eigenvalue weighted by Crippen LogP contribution is -2.42. The number of nitrogens with one attached hydrogen (secondary N) is 1. The predicted octanol–water partition coefficient (Wildman–Crippen LogP) is 4.58. The molecule has 0 saturated heterocycles. The normalized spacial score (nSPS) is 14.4. The van der Waals surface area contributed by atoms with Gasteiger partial charge in [0.05, 0.1) is 0 Å². The fourth-order valence-corrected chi connectivity index (χ4v) is 2.84. The molecule has 0 fully saturated rings. The van der Waals surface area contributed by atoms with Crippen molar-refractivity contribution in [1.29, 1.82) is 0 Å². The molecule has 19 heavy (non-hydrogen) atoms. The first-order valence-electron chi connectivity index (χ1n) is 7.02. The first-order chi connectivity index (χ1) is 9.12. The van der Waals surface area contributed by atoms with Crippen LogP contribution < -0.4 is 11.3 Å². The van der Waals surface area contributed by atoms with E-state index in [2.05, 4.69) is 19.3 Å². The highest BCUT2D eigenvalue weighted by Crippen LogP contribution is 2.25. The minimum atomic E-state index is 0.243. The Kier molecular flexibility index (Phi) is 7.77. The van der Waals surface area contributed by atoms with Crippen LogP contribution in [0.2, 0.25) is 10.0 Å². The fourth-order valence-electron chi connectivity index (χ4n) is 2.45. The molecule has 3 N–H and O–H groups in total. The van der Waals surface area contributed by atoms with Gasteiger partial charge < -0.3 is 0 Å². The van der Waals surface area contributed by atoms with Gasteiger partial charge in [0.2, 0.25) is 0 Å². The lowest BCUT2D eigenvalue weighted by atomic mass is 9.88. The van der Waals surface area contributed by atoms with E-state index < -0.39 is 0 Å². The van der Waals surface area contributed by atoms with E-state index in [1.165, 1.54) is 19.3 Å².